The fourth-order valence-corrected chi connectivity index (χ4v) is 4.11. The van der Waals surface area contributed by atoms with Crippen LogP contribution in [0, 0.1) is 5.92 Å². The van der Waals surface area contributed by atoms with Crippen LogP contribution in [0.15, 0.2) is 70.3 Å². The molecule has 0 aromatic carbocycles. The predicted octanol–water partition coefficient (Wildman–Crippen LogP) is 5.48. The van der Waals surface area contributed by atoms with Crippen LogP contribution in [0.5, 0.6) is 0 Å². The Morgan fingerprint density at radius 3 is 2.69 bits per heavy atom. The topological polar surface area (TPSA) is 54.9 Å². The van der Waals surface area contributed by atoms with E-state index in [2.05, 4.69) is 15.3 Å². The second kappa shape index (κ2) is 9.00. The van der Waals surface area contributed by atoms with Gasteiger partial charge in [0, 0.05) is 41.0 Å². The van der Waals surface area contributed by atoms with E-state index < -0.39 is 17.7 Å². The molecule has 1 aliphatic carbocycles. The zero-order valence-electron chi connectivity index (χ0n) is 15.3. The molecule has 9 heteroatoms. The fraction of sp³-hybridized carbons (Fsp3) is 0.250. The van der Waals surface area contributed by atoms with Gasteiger partial charge in [-0.2, -0.15) is 13.2 Å². The number of nitrogens with zero attached hydrogens (tertiary/aromatic N) is 2. The molecule has 0 saturated carbocycles. The smallest absolute Gasteiger partial charge is 0.325 e. The summed E-state index contributed by atoms with van der Waals surface area (Å²) >= 11 is 7.16. The van der Waals surface area contributed by atoms with Gasteiger partial charge in [-0.15, -0.1) is 11.8 Å². The van der Waals surface area contributed by atoms with Gasteiger partial charge in [-0.1, -0.05) is 18.5 Å². The number of amides is 1. The average molecular weight is 440 g/mol. The standard InChI is InChI=1S/C20H17ClF3N3OS/c1-12-9-16(21)15(20(22,23)24)10-17(12)27-18(28)14-3-2-6-26-19(14)29-11-13-4-7-25-8-5-13/h2-8,10,12H,9,11H2,1H3,(H,27,28). The Labute approximate surface area is 175 Å². The van der Waals surface area contributed by atoms with Gasteiger partial charge >= 0.3 is 6.18 Å². The number of thioether (sulfide) groups is 1. The molecule has 1 aliphatic rings. The Kier molecular flexibility index (Phi) is 6.64. The number of halogens is 4. The number of carbonyl (C=O) groups is 1. The first kappa shape index (κ1) is 21.4. The van der Waals surface area contributed by atoms with Crippen LogP contribution >= 0.6 is 23.4 Å². The van der Waals surface area contributed by atoms with E-state index in [-0.39, 0.29) is 23.1 Å². The molecular weight excluding hydrogens is 423 g/mol. The van der Waals surface area contributed by atoms with Gasteiger partial charge < -0.3 is 5.32 Å². The lowest BCUT2D eigenvalue weighted by molar-refractivity contribution is -0.0891. The minimum atomic E-state index is -4.58. The molecule has 1 amide bonds. The zero-order chi connectivity index (χ0) is 21.0. The van der Waals surface area contributed by atoms with E-state index in [0.29, 0.717) is 16.3 Å². The minimum absolute atomic E-state index is 0.0131. The van der Waals surface area contributed by atoms with Crippen molar-refractivity contribution in [1.82, 2.24) is 15.3 Å². The lowest BCUT2D eigenvalue weighted by atomic mass is 9.94. The van der Waals surface area contributed by atoms with Crippen molar-refractivity contribution in [1.29, 1.82) is 0 Å². The summed E-state index contributed by atoms with van der Waals surface area (Å²) in [5.41, 5.74) is 0.570. The van der Waals surface area contributed by atoms with Crippen molar-refractivity contribution in [3.8, 4) is 0 Å². The molecule has 4 nitrogen and oxygen atoms in total. The number of hydrogen-bond acceptors (Lipinski definition) is 4. The van der Waals surface area contributed by atoms with Crippen LogP contribution in [0.25, 0.3) is 0 Å². The van der Waals surface area contributed by atoms with E-state index in [0.717, 1.165) is 11.6 Å². The number of allylic oxidation sites excluding steroid dienone is 4. The molecule has 2 aromatic rings. The van der Waals surface area contributed by atoms with Crippen molar-refractivity contribution in [2.75, 3.05) is 0 Å². The van der Waals surface area contributed by atoms with Gasteiger partial charge in [0.05, 0.1) is 11.1 Å². The van der Waals surface area contributed by atoms with Crippen LogP contribution in [-0.4, -0.2) is 22.1 Å². The molecule has 0 spiro atoms. The normalized spacial score (nSPS) is 17.1. The summed E-state index contributed by atoms with van der Waals surface area (Å²) in [4.78, 5) is 21.0. The highest BCUT2D eigenvalue weighted by Crippen LogP contribution is 2.39. The van der Waals surface area contributed by atoms with Crippen molar-refractivity contribution < 1.29 is 18.0 Å². The minimum Gasteiger partial charge on any atom is -0.325 e. The number of hydrogen-bond donors (Lipinski definition) is 1. The molecule has 0 saturated heterocycles. The Morgan fingerprint density at radius 1 is 1.28 bits per heavy atom. The first-order chi connectivity index (χ1) is 13.8. The van der Waals surface area contributed by atoms with Crippen LogP contribution in [0.1, 0.15) is 29.3 Å². The second-order valence-corrected chi connectivity index (χ2v) is 7.90. The highest BCUT2D eigenvalue weighted by Gasteiger charge is 2.38. The van der Waals surface area contributed by atoms with Gasteiger partial charge in [0.25, 0.3) is 5.91 Å². The van der Waals surface area contributed by atoms with Gasteiger partial charge in [-0.3, -0.25) is 9.78 Å². The molecule has 2 aromatic heterocycles. The summed E-state index contributed by atoms with van der Waals surface area (Å²) in [5.74, 6) is -0.273. The summed E-state index contributed by atoms with van der Waals surface area (Å²) in [6.45, 7) is 1.71. The molecule has 1 atom stereocenters. The van der Waals surface area contributed by atoms with Crippen molar-refractivity contribution in [2.45, 2.75) is 30.3 Å². The molecule has 0 radical (unpaired) electrons. The summed E-state index contributed by atoms with van der Waals surface area (Å²) in [6.07, 6.45) is 1.27. The molecule has 2 heterocycles. The van der Waals surface area contributed by atoms with Crippen LogP contribution < -0.4 is 5.32 Å². The molecule has 1 unspecified atom stereocenters. The lowest BCUT2D eigenvalue weighted by Crippen LogP contribution is -2.30. The Balaban J connectivity index is 1.79. The first-order valence-electron chi connectivity index (χ1n) is 8.71. The fourth-order valence-electron chi connectivity index (χ4n) is 2.77. The summed E-state index contributed by atoms with van der Waals surface area (Å²) in [7, 11) is 0. The molecule has 0 fully saturated rings. The molecule has 0 aliphatic heterocycles. The third-order valence-electron chi connectivity index (χ3n) is 4.31. The van der Waals surface area contributed by atoms with Gasteiger partial charge in [-0.25, -0.2) is 4.98 Å². The third kappa shape index (κ3) is 5.39. The SMILES string of the molecule is CC1CC(Cl)=C(C(F)(F)F)C=C1NC(=O)c1cccnc1SCc1ccncc1. The van der Waals surface area contributed by atoms with E-state index in [9.17, 15) is 18.0 Å². The van der Waals surface area contributed by atoms with Crippen molar-refractivity contribution in [2.24, 2.45) is 5.92 Å². The van der Waals surface area contributed by atoms with Gasteiger partial charge in [-0.05, 0) is 42.3 Å². The second-order valence-electron chi connectivity index (χ2n) is 6.48. The Morgan fingerprint density at radius 2 is 2.00 bits per heavy atom. The monoisotopic (exact) mass is 439 g/mol. The molecule has 0 bridgehead atoms. The van der Waals surface area contributed by atoms with Crippen molar-refractivity contribution >= 4 is 29.3 Å². The van der Waals surface area contributed by atoms with Gasteiger partial charge in [0.1, 0.15) is 5.03 Å². The molecule has 152 valence electrons. The number of nitrogens with one attached hydrogen (secondary N) is 1. The van der Waals surface area contributed by atoms with Crippen LogP contribution in [0.2, 0.25) is 0 Å². The van der Waals surface area contributed by atoms with Crippen molar-refractivity contribution in [3.63, 3.8) is 0 Å². The quantitative estimate of drug-likeness (QED) is 0.627. The molecule has 29 heavy (non-hydrogen) atoms. The number of alkyl halides is 3. The Bertz CT molecular complexity index is 961. The van der Waals surface area contributed by atoms with E-state index in [4.69, 9.17) is 11.6 Å². The maximum Gasteiger partial charge on any atom is 0.417 e. The third-order valence-corrected chi connectivity index (χ3v) is 5.75. The number of carbonyl (C=O) groups excluding carboxylic acids is 1. The maximum absolute atomic E-state index is 13.2. The van der Waals surface area contributed by atoms with E-state index in [1.807, 2.05) is 12.1 Å². The van der Waals surface area contributed by atoms with Gasteiger partial charge in [0.2, 0.25) is 0 Å². The highest BCUT2D eigenvalue weighted by molar-refractivity contribution is 7.98. The van der Waals surface area contributed by atoms with E-state index in [1.165, 1.54) is 11.8 Å². The zero-order valence-corrected chi connectivity index (χ0v) is 16.9. The predicted molar refractivity (Wildman–Crippen MR) is 106 cm³/mol. The Hall–Kier alpha value is -2.32. The van der Waals surface area contributed by atoms with E-state index in [1.54, 1.807) is 37.6 Å². The maximum atomic E-state index is 13.2. The largest absolute Gasteiger partial charge is 0.417 e. The summed E-state index contributed by atoms with van der Waals surface area (Å²) in [5, 5.41) is 2.86. The lowest BCUT2D eigenvalue weighted by Gasteiger charge is -2.24. The molecular formula is C20H17ClF3N3OS. The van der Waals surface area contributed by atoms with Gasteiger partial charge in [0.15, 0.2) is 0 Å². The van der Waals surface area contributed by atoms with Crippen molar-refractivity contribution in [3.05, 3.63) is 76.4 Å². The summed E-state index contributed by atoms with van der Waals surface area (Å²) < 4.78 is 39.5. The number of aromatic nitrogens is 2. The summed E-state index contributed by atoms with van der Waals surface area (Å²) in [6, 6.07) is 6.93. The number of rotatable bonds is 5. The first-order valence-corrected chi connectivity index (χ1v) is 10.1. The highest BCUT2D eigenvalue weighted by atomic mass is 35.5. The van der Waals surface area contributed by atoms with Crippen LogP contribution in [0.3, 0.4) is 0 Å². The number of pyridine rings is 2. The van der Waals surface area contributed by atoms with E-state index >= 15 is 0 Å². The van der Waals surface area contributed by atoms with Crippen LogP contribution in [0.4, 0.5) is 13.2 Å². The molecule has 3 rings (SSSR count). The van der Waals surface area contributed by atoms with Crippen LogP contribution in [-0.2, 0) is 5.75 Å². The average Bonchev–Trinajstić information content (AvgIpc) is 2.68. The molecule has 1 N–H and O–H groups in total.